The first-order valence-electron chi connectivity index (χ1n) is 49.1. The lowest BCUT2D eigenvalue weighted by atomic mass is 10.0. The molecule has 22 atom stereocenters. The molecule has 147 heavy (non-hydrogen) atoms. The van der Waals surface area contributed by atoms with E-state index in [0.29, 0.717) is 37.8 Å². The van der Waals surface area contributed by atoms with E-state index in [1.807, 2.05) is 13.8 Å². The van der Waals surface area contributed by atoms with E-state index in [-0.39, 0.29) is 148 Å². The van der Waals surface area contributed by atoms with Crippen molar-refractivity contribution in [2.45, 2.75) is 324 Å². The van der Waals surface area contributed by atoms with Gasteiger partial charge >= 0.3 is 5.97 Å². The number of aliphatic hydroxyl groups excluding tert-OH is 5. The van der Waals surface area contributed by atoms with Gasteiger partial charge in [-0.2, -0.15) is 12.6 Å². The van der Waals surface area contributed by atoms with Gasteiger partial charge in [0.05, 0.1) is 56.1 Å². The Morgan fingerprint density at radius 3 is 1.22 bits per heavy atom. The molecule has 58 heteroatoms. The summed E-state index contributed by atoms with van der Waals surface area (Å²) in [6.07, 6.45) is -0.303. The molecule has 2 aliphatic rings. The molecule has 3 heterocycles. The third kappa shape index (κ3) is 44.8. The van der Waals surface area contributed by atoms with E-state index >= 15 is 0 Å². The van der Waals surface area contributed by atoms with Gasteiger partial charge in [-0.05, 0) is 189 Å². The lowest BCUT2D eigenvalue weighted by Crippen LogP contribution is -2.63. The summed E-state index contributed by atoms with van der Waals surface area (Å²) in [6.45, 7) is 11.2. The minimum atomic E-state index is -1.95. The minimum Gasteiger partial charge on any atom is -0.480 e. The maximum Gasteiger partial charge on any atom is 0.326 e. The highest BCUT2D eigenvalue weighted by Crippen LogP contribution is 2.24. The number of nitrogens with one attached hydrogen (secondary N) is 22. The van der Waals surface area contributed by atoms with Gasteiger partial charge in [-0.15, -0.1) is 0 Å². The van der Waals surface area contributed by atoms with Crippen molar-refractivity contribution in [3.63, 3.8) is 0 Å². The molecule has 0 radical (unpaired) electrons. The number of carboxylic acid groups (broad SMARTS) is 1. The van der Waals surface area contributed by atoms with Gasteiger partial charge in [0.25, 0.3) is 0 Å². The zero-order valence-corrected chi connectivity index (χ0v) is 85.7. The van der Waals surface area contributed by atoms with Crippen molar-refractivity contribution in [3.8, 4) is 0 Å². The van der Waals surface area contributed by atoms with Crippen molar-refractivity contribution in [2.75, 3.05) is 71.3 Å². The fraction of sp³-hybridized carbons (Fsp3) is 0.719. The molecule has 19 amide bonds. The SMILES string of the molecule is CC(C)C[C@H](N)C(=O)N[C@@H](C)C(=O)N[C@H](C(=O)N[C@@H](CCCCN)C(=O)N[C@@H](C)C(=O)N[C@@H](C)C(=O)N[C@@H](CCCNC(=N)N)C(=O)N[C@@H](CCCCN)C(=O)N[C@@H](CO)C(=O)N[C@H](C(=O)N1CCC[C@H]1C(=O)N[C@@H](CO)C(=O)N[C@H](C(=O)N[C@@H](CS)C(=O)NCC(=O)N[C@H](C(=O)N[C@@H](CCCCN)C(=O)N1CCC[C@H]1C(=O)N[C@@H](Cc1c[nH]cn1)C(=O)N[C@@H](CCCNC(=N)N)C(=O)O)C(C)C)[C@@H](C)O)[C@@H](C)O)[C@@H](C)O. The molecule has 2 aliphatic heterocycles. The van der Waals surface area contributed by atoms with E-state index in [9.17, 15) is 127 Å². The fourth-order valence-corrected chi connectivity index (χ4v) is 15.8. The maximum atomic E-state index is 14.6. The molecule has 0 bridgehead atoms. The molecule has 0 saturated carbocycles. The number of hydrogen-bond acceptors (Lipinski definition) is 33. The maximum absolute atomic E-state index is 14.6. The number of unbranched alkanes of at least 4 members (excludes halogenated alkanes) is 3. The molecule has 830 valence electrons. The Morgan fingerprint density at radius 2 is 0.776 bits per heavy atom. The number of carbonyl (C=O) groups is 20. The number of carboxylic acids is 1. The normalized spacial score (nSPS) is 17.4. The molecule has 0 aliphatic carbocycles. The van der Waals surface area contributed by atoms with E-state index in [1.54, 1.807) is 13.8 Å². The number of aromatic nitrogens is 2. The first-order chi connectivity index (χ1) is 69.3. The van der Waals surface area contributed by atoms with Gasteiger partial charge in [0.2, 0.25) is 112 Å². The van der Waals surface area contributed by atoms with Crippen molar-refractivity contribution < 1.29 is 127 Å². The number of nitrogens with two attached hydrogens (primary N) is 6. The summed E-state index contributed by atoms with van der Waals surface area (Å²) in [5, 5.41) is 125. The van der Waals surface area contributed by atoms with Crippen LogP contribution in [-0.2, 0) is 102 Å². The van der Waals surface area contributed by atoms with Crippen molar-refractivity contribution >= 4 is 143 Å². The molecular formula is C89H157N31O26S. The van der Waals surface area contributed by atoms with Gasteiger partial charge in [0.15, 0.2) is 11.9 Å². The summed E-state index contributed by atoms with van der Waals surface area (Å²) in [6, 6.07) is -28.8. The zero-order chi connectivity index (χ0) is 111. The predicted molar refractivity (Wildman–Crippen MR) is 533 cm³/mol. The van der Waals surface area contributed by atoms with Gasteiger partial charge in [-0.25, -0.2) is 9.78 Å². The van der Waals surface area contributed by atoms with Crippen LogP contribution < -0.4 is 135 Å². The van der Waals surface area contributed by atoms with Crippen LogP contribution in [0.15, 0.2) is 12.5 Å². The van der Waals surface area contributed by atoms with Gasteiger partial charge < -0.3 is 181 Å². The Labute approximate surface area is 857 Å². The lowest BCUT2D eigenvalue weighted by molar-refractivity contribution is -0.145. The van der Waals surface area contributed by atoms with Gasteiger partial charge in [-0.3, -0.25) is 102 Å². The third-order valence-corrected chi connectivity index (χ3v) is 24.2. The van der Waals surface area contributed by atoms with Crippen molar-refractivity contribution in [2.24, 2.45) is 46.2 Å². The first kappa shape index (κ1) is 128. The van der Waals surface area contributed by atoms with Crippen LogP contribution in [0.2, 0.25) is 0 Å². The highest BCUT2D eigenvalue weighted by atomic mass is 32.1. The number of nitrogens with zero attached hydrogens (tertiary/aromatic N) is 3. The number of rotatable bonds is 68. The Morgan fingerprint density at radius 1 is 0.415 bits per heavy atom. The molecule has 1 aromatic rings. The zero-order valence-electron chi connectivity index (χ0n) is 84.8. The standard InChI is InChI=1S/C89H157N31O26S/c1-43(2)35-52(93)72(130)104-47(7)71(129)116-66(48(8)123)83(141)108-53(21-11-14-28-90)74(132)105-45(5)69(127)103-46(6)70(128)106-55(24-17-31-99-88(94)95)75(133)107-54(22-12-15-29-91)76(134)112-59(39-121)79(137)118-68(50(10)125)86(144)120-34-20-27-63(120)81(139)113-60(40-122)78(136)117-67(49(9)124)84(142)114-61(41-147)73(131)101-38-64(126)115-65(44(3)4)82(140)109-56(23-13-16-30-92)85(143)119-33-19-26-62(119)80(138)111-58(36-51-37-98-42-102-51)77(135)110-57(87(145)146)25-18-32-100-89(96)97/h37,42-50,52-63,65-68,121-125,147H,11-36,38-41,90-93H2,1-10H3,(H,98,102)(H,101,131)(H,103,127)(H,104,130)(H,105,132)(H,106,128)(H,107,133)(H,108,141)(H,109,140)(H,110,135)(H,111,138)(H,112,134)(H,113,139)(H,114,142)(H,115,126)(H,116,129)(H,117,136)(H,118,137)(H,145,146)(H4,94,95,99)(H4,96,97,100)/t45-,46-,47-,48+,49+,50+,52-,53-,54-,55-,56-,57-,58-,59-,60-,61-,62-,63-,65-,66-,67-,68-/m0/s1. The molecule has 0 unspecified atom stereocenters. The van der Waals surface area contributed by atoms with Crippen LogP contribution in [0.25, 0.3) is 0 Å². The first-order valence-corrected chi connectivity index (χ1v) is 49.8. The van der Waals surface area contributed by atoms with Crippen molar-refractivity contribution in [3.05, 3.63) is 18.2 Å². The number of thiol groups is 1. The Bertz CT molecular complexity index is 4540. The Balaban J connectivity index is 1.73. The molecule has 1 aromatic heterocycles. The number of carbonyl (C=O) groups excluding carboxylic acids is 19. The second-order valence-corrected chi connectivity index (χ2v) is 37.4. The highest BCUT2D eigenvalue weighted by molar-refractivity contribution is 7.80. The molecule has 2 fully saturated rings. The average molecular weight is 2110 g/mol. The number of imidazole rings is 1. The number of aliphatic carboxylic acids is 1. The third-order valence-electron chi connectivity index (χ3n) is 23.8. The molecule has 0 aromatic carbocycles. The molecule has 3 rings (SSSR count). The van der Waals surface area contributed by atoms with Crippen molar-refractivity contribution in [1.82, 2.24) is 121 Å². The largest absolute Gasteiger partial charge is 0.480 e. The quantitative estimate of drug-likeness (QED) is 0.0125. The lowest BCUT2D eigenvalue weighted by Gasteiger charge is -2.32. The van der Waals surface area contributed by atoms with Crippen LogP contribution in [0.3, 0.4) is 0 Å². The summed E-state index contributed by atoms with van der Waals surface area (Å²) in [4.78, 5) is 286. The number of aromatic amines is 1. The van der Waals surface area contributed by atoms with E-state index in [4.69, 9.17) is 45.2 Å². The van der Waals surface area contributed by atoms with E-state index < -0.39 is 289 Å². The van der Waals surface area contributed by atoms with Crippen LogP contribution in [0.4, 0.5) is 0 Å². The van der Waals surface area contributed by atoms with Gasteiger partial charge in [0.1, 0.15) is 109 Å². The molecule has 0 spiro atoms. The average Bonchev–Trinajstić information content (AvgIpc) is 1.64. The van der Waals surface area contributed by atoms with Gasteiger partial charge in [-0.1, -0.05) is 27.7 Å². The number of amides is 19. The van der Waals surface area contributed by atoms with E-state index in [1.165, 1.54) is 45.1 Å². The smallest absolute Gasteiger partial charge is 0.326 e. The number of aliphatic hydroxyl groups is 5. The minimum absolute atomic E-state index is 0.0116. The molecule has 2 saturated heterocycles. The summed E-state index contributed by atoms with van der Waals surface area (Å²) >= 11 is 4.17. The molecule has 57 nitrogen and oxygen atoms in total. The van der Waals surface area contributed by atoms with Crippen molar-refractivity contribution in [1.29, 1.82) is 10.8 Å². The number of hydrogen-bond donors (Lipinski definition) is 35. The van der Waals surface area contributed by atoms with Crippen LogP contribution in [0.5, 0.6) is 0 Å². The number of guanidine groups is 2. The number of likely N-dealkylation sites (tertiary alicyclic amines) is 2. The van der Waals surface area contributed by atoms with Crippen LogP contribution in [0.1, 0.15) is 191 Å². The van der Waals surface area contributed by atoms with E-state index in [0.717, 1.165) is 18.7 Å². The molecular weight excluding hydrogens is 1950 g/mol. The van der Waals surface area contributed by atoms with Crippen LogP contribution in [0, 0.1) is 22.7 Å². The van der Waals surface area contributed by atoms with Crippen LogP contribution >= 0.6 is 12.6 Å². The Kier molecular flexibility index (Phi) is 57.9. The topological polar surface area (TPSA) is 930 Å². The summed E-state index contributed by atoms with van der Waals surface area (Å²) in [5.74, 6) is -22.0. The van der Waals surface area contributed by atoms with Gasteiger partial charge in [0, 0.05) is 44.5 Å². The summed E-state index contributed by atoms with van der Waals surface area (Å²) < 4.78 is 0. The second kappa shape index (κ2) is 66.4. The molecule has 40 N–H and O–H groups in total. The highest BCUT2D eigenvalue weighted by Gasteiger charge is 2.45. The Hall–Kier alpha value is -12.9. The second-order valence-electron chi connectivity index (χ2n) is 37.0. The van der Waals surface area contributed by atoms with Crippen LogP contribution in [-0.4, -0.2) is 385 Å². The monoisotopic (exact) mass is 2110 g/mol. The summed E-state index contributed by atoms with van der Waals surface area (Å²) in [7, 11) is 0. The summed E-state index contributed by atoms with van der Waals surface area (Å²) in [5.41, 5.74) is 34.4. The van der Waals surface area contributed by atoms with E-state index in [2.05, 4.69) is 124 Å². The predicted octanol–water partition coefficient (Wildman–Crippen LogP) is -13.0. The number of H-pyrrole nitrogens is 1. The fourth-order valence-electron chi connectivity index (χ4n) is 15.5.